The van der Waals surface area contributed by atoms with Gasteiger partial charge in [-0.2, -0.15) is 0 Å². The molecule has 5 heteroatoms. The molecule has 104 valence electrons. The Labute approximate surface area is 117 Å². The maximum absolute atomic E-state index is 12.9. The van der Waals surface area contributed by atoms with E-state index in [1.165, 1.54) is 18.6 Å². The molecular formula is C14H18ClFN2O. The maximum Gasteiger partial charge on any atom is 0.236 e. The number of carbonyl (C=O) groups excluding carboxylic acids is 1. The predicted octanol–water partition coefficient (Wildman–Crippen LogP) is 2.58. The number of carbonyl (C=O) groups is 1. The van der Waals surface area contributed by atoms with Crippen LogP contribution < -0.4 is 5.32 Å². The van der Waals surface area contributed by atoms with E-state index < -0.39 is 0 Å². The molecule has 19 heavy (non-hydrogen) atoms. The Morgan fingerprint density at radius 3 is 2.74 bits per heavy atom. The summed E-state index contributed by atoms with van der Waals surface area (Å²) in [6.07, 6.45) is 3.40. The van der Waals surface area contributed by atoms with Crippen molar-refractivity contribution in [3.8, 4) is 0 Å². The van der Waals surface area contributed by atoms with Gasteiger partial charge in [0, 0.05) is 24.7 Å². The second kappa shape index (κ2) is 6.87. The number of amides is 1. The molecule has 0 atom stereocenters. The standard InChI is InChI=1S/C14H18ClFN2O/c15-13-8-12(16)5-4-11(13)9-17-10-14(19)18-6-2-1-3-7-18/h4-5,8,17H,1-3,6-7,9-10H2. The van der Waals surface area contributed by atoms with Crippen LogP contribution in [-0.4, -0.2) is 30.4 Å². The summed E-state index contributed by atoms with van der Waals surface area (Å²) >= 11 is 5.92. The van der Waals surface area contributed by atoms with Crippen molar-refractivity contribution in [3.05, 3.63) is 34.6 Å². The molecule has 0 radical (unpaired) electrons. The van der Waals surface area contributed by atoms with Gasteiger partial charge >= 0.3 is 0 Å². The normalized spacial score (nSPS) is 15.6. The molecule has 2 rings (SSSR count). The Kier molecular flexibility index (Phi) is 5.16. The number of nitrogens with zero attached hydrogens (tertiary/aromatic N) is 1. The molecule has 0 unspecified atom stereocenters. The van der Waals surface area contributed by atoms with E-state index in [1.807, 2.05) is 4.90 Å². The van der Waals surface area contributed by atoms with Crippen LogP contribution in [0.4, 0.5) is 4.39 Å². The molecule has 1 heterocycles. The largest absolute Gasteiger partial charge is 0.342 e. The Hall–Kier alpha value is -1.13. The predicted molar refractivity (Wildman–Crippen MR) is 73.5 cm³/mol. The summed E-state index contributed by atoms with van der Waals surface area (Å²) in [7, 11) is 0. The maximum atomic E-state index is 12.9. The molecule has 1 aromatic rings. The van der Waals surface area contributed by atoms with Gasteiger partial charge in [0.25, 0.3) is 0 Å². The van der Waals surface area contributed by atoms with E-state index in [0.29, 0.717) is 18.1 Å². The van der Waals surface area contributed by atoms with Gasteiger partial charge in [0.2, 0.25) is 5.91 Å². The average Bonchev–Trinajstić information content (AvgIpc) is 2.42. The molecule has 1 saturated heterocycles. The fourth-order valence-corrected chi connectivity index (χ4v) is 2.46. The minimum Gasteiger partial charge on any atom is -0.342 e. The molecule has 0 aromatic heterocycles. The van der Waals surface area contributed by atoms with Crippen LogP contribution in [0, 0.1) is 5.82 Å². The van der Waals surface area contributed by atoms with Gasteiger partial charge in [0.15, 0.2) is 0 Å². The van der Waals surface area contributed by atoms with E-state index in [1.54, 1.807) is 6.07 Å². The van der Waals surface area contributed by atoms with E-state index in [-0.39, 0.29) is 11.7 Å². The van der Waals surface area contributed by atoms with Crippen molar-refractivity contribution in [1.82, 2.24) is 10.2 Å². The lowest BCUT2D eigenvalue weighted by molar-refractivity contribution is -0.131. The van der Waals surface area contributed by atoms with Crippen LogP contribution in [0.3, 0.4) is 0 Å². The number of likely N-dealkylation sites (tertiary alicyclic amines) is 1. The van der Waals surface area contributed by atoms with Crippen LogP contribution in [-0.2, 0) is 11.3 Å². The van der Waals surface area contributed by atoms with E-state index in [9.17, 15) is 9.18 Å². The van der Waals surface area contributed by atoms with Crippen LogP contribution in [0.5, 0.6) is 0 Å². The molecule has 1 aliphatic heterocycles. The van der Waals surface area contributed by atoms with Crippen LogP contribution in [0.2, 0.25) is 5.02 Å². The second-order valence-electron chi connectivity index (χ2n) is 4.78. The fourth-order valence-electron chi connectivity index (χ4n) is 2.22. The van der Waals surface area contributed by atoms with Gasteiger partial charge < -0.3 is 10.2 Å². The third kappa shape index (κ3) is 4.18. The summed E-state index contributed by atoms with van der Waals surface area (Å²) in [4.78, 5) is 13.8. The number of hydrogen-bond acceptors (Lipinski definition) is 2. The lowest BCUT2D eigenvalue weighted by Gasteiger charge is -2.26. The monoisotopic (exact) mass is 284 g/mol. The first kappa shape index (κ1) is 14.3. The van der Waals surface area contributed by atoms with Crippen molar-refractivity contribution in [2.75, 3.05) is 19.6 Å². The Balaban J connectivity index is 1.78. The molecule has 1 amide bonds. The first-order valence-electron chi connectivity index (χ1n) is 6.59. The van der Waals surface area contributed by atoms with Crippen molar-refractivity contribution < 1.29 is 9.18 Å². The van der Waals surface area contributed by atoms with Crippen molar-refractivity contribution in [3.63, 3.8) is 0 Å². The van der Waals surface area contributed by atoms with Gasteiger partial charge in [0.1, 0.15) is 5.82 Å². The van der Waals surface area contributed by atoms with E-state index in [4.69, 9.17) is 11.6 Å². The van der Waals surface area contributed by atoms with Crippen LogP contribution >= 0.6 is 11.6 Å². The average molecular weight is 285 g/mol. The van der Waals surface area contributed by atoms with Crippen LogP contribution in [0.25, 0.3) is 0 Å². The quantitative estimate of drug-likeness (QED) is 0.922. The van der Waals surface area contributed by atoms with Crippen molar-refractivity contribution in [1.29, 1.82) is 0 Å². The number of piperidine rings is 1. The van der Waals surface area contributed by atoms with Crippen LogP contribution in [0.1, 0.15) is 24.8 Å². The first-order valence-corrected chi connectivity index (χ1v) is 6.97. The third-order valence-electron chi connectivity index (χ3n) is 3.32. The summed E-state index contributed by atoms with van der Waals surface area (Å²) in [5.41, 5.74) is 0.800. The molecule has 0 bridgehead atoms. The van der Waals surface area contributed by atoms with Gasteiger partial charge in [-0.15, -0.1) is 0 Å². The molecule has 1 aliphatic rings. The minimum absolute atomic E-state index is 0.123. The summed E-state index contributed by atoms with van der Waals surface area (Å²) in [6.45, 7) is 2.49. The van der Waals surface area contributed by atoms with Crippen molar-refractivity contribution >= 4 is 17.5 Å². The third-order valence-corrected chi connectivity index (χ3v) is 3.67. The number of hydrogen-bond donors (Lipinski definition) is 1. The highest BCUT2D eigenvalue weighted by Crippen LogP contribution is 2.16. The number of benzene rings is 1. The Morgan fingerprint density at radius 1 is 1.32 bits per heavy atom. The molecule has 3 nitrogen and oxygen atoms in total. The highest BCUT2D eigenvalue weighted by Gasteiger charge is 2.15. The van der Waals surface area contributed by atoms with E-state index in [2.05, 4.69) is 5.32 Å². The topological polar surface area (TPSA) is 32.3 Å². The molecule has 1 N–H and O–H groups in total. The van der Waals surface area contributed by atoms with Crippen molar-refractivity contribution in [2.45, 2.75) is 25.8 Å². The van der Waals surface area contributed by atoms with Gasteiger partial charge in [-0.1, -0.05) is 17.7 Å². The zero-order valence-corrected chi connectivity index (χ0v) is 11.5. The molecule has 1 aromatic carbocycles. The number of nitrogens with one attached hydrogen (secondary N) is 1. The summed E-state index contributed by atoms with van der Waals surface area (Å²) in [5.74, 6) is -0.226. The van der Waals surface area contributed by atoms with Gasteiger partial charge in [-0.05, 0) is 37.0 Å². The zero-order valence-electron chi connectivity index (χ0n) is 10.8. The van der Waals surface area contributed by atoms with E-state index in [0.717, 1.165) is 31.5 Å². The Morgan fingerprint density at radius 2 is 2.05 bits per heavy atom. The number of rotatable bonds is 4. The minimum atomic E-state index is -0.349. The highest BCUT2D eigenvalue weighted by atomic mass is 35.5. The summed E-state index contributed by atoms with van der Waals surface area (Å²) in [6, 6.07) is 4.29. The highest BCUT2D eigenvalue weighted by molar-refractivity contribution is 6.31. The first-order chi connectivity index (χ1) is 9.16. The molecule has 0 saturated carbocycles. The summed E-state index contributed by atoms with van der Waals surface area (Å²) in [5, 5.41) is 3.45. The molecular weight excluding hydrogens is 267 g/mol. The van der Waals surface area contributed by atoms with Gasteiger partial charge in [0.05, 0.1) is 6.54 Å². The second-order valence-corrected chi connectivity index (χ2v) is 5.19. The number of halogens is 2. The van der Waals surface area contributed by atoms with Gasteiger partial charge in [-0.25, -0.2) is 4.39 Å². The molecule has 1 fully saturated rings. The molecule has 0 spiro atoms. The van der Waals surface area contributed by atoms with Crippen molar-refractivity contribution in [2.24, 2.45) is 0 Å². The SMILES string of the molecule is O=C(CNCc1ccc(F)cc1Cl)N1CCCCC1. The smallest absolute Gasteiger partial charge is 0.236 e. The van der Waals surface area contributed by atoms with Crippen LogP contribution in [0.15, 0.2) is 18.2 Å². The lowest BCUT2D eigenvalue weighted by atomic mass is 10.1. The fraction of sp³-hybridized carbons (Fsp3) is 0.500. The van der Waals surface area contributed by atoms with E-state index >= 15 is 0 Å². The zero-order chi connectivity index (χ0) is 13.7. The van der Waals surface area contributed by atoms with Gasteiger partial charge in [-0.3, -0.25) is 4.79 Å². The lowest BCUT2D eigenvalue weighted by Crippen LogP contribution is -2.40. The molecule has 0 aliphatic carbocycles. The Bertz CT molecular complexity index is 447. The summed E-state index contributed by atoms with van der Waals surface area (Å²) < 4.78 is 12.9.